The Kier molecular flexibility index (Phi) is 4.48. The van der Waals surface area contributed by atoms with Crippen LogP contribution in [0.5, 0.6) is 0 Å². The predicted molar refractivity (Wildman–Crippen MR) is 82.0 cm³/mol. The number of hydrogen-bond donors (Lipinski definition) is 0. The van der Waals surface area contributed by atoms with Gasteiger partial charge < -0.3 is 4.90 Å². The topological polar surface area (TPSA) is 16.1 Å². The number of benzene rings is 1. The van der Waals surface area contributed by atoms with Gasteiger partial charge in [-0.2, -0.15) is 0 Å². The molecule has 2 aromatic rings. The largest absolute Gasteiger partial charge is 0.306 e. The molecule has 0 spiro atoms. The highest BCUT2D eigenvalue weighted by Crippen LogP contribution is 2.19. The van der Waals surface area contributed by atoms with Crippen LogP contribution in [0, 0.1) is 6.92 Å². The average Bonchev–Trinajstić information content (AvgIpc) is 2.39. The second-order valence-corrected chi connectivity index (χ2v) is 5.01. The molecular formula is C17H20N2. The number of pyridine rings is 1. The molecule has 2 rings (SSSR count). The SMILES string of the molecule is Cc1ccnc(-c2cccc(/C=C\CN(C)C)c2)c1. The Hall–Kier alpha value is -1.93. The minimum atomic E-state index is 0.951. The van der Waals surface area contributed by atoms with Crippen LogP contribution in [0.15, 0.2) is 48.7 Å². The first-order valence-electron chi connectivity index (χ1n) is 6.49. The molecule has 0 radical (unpaired) electrons. The Bertz CT molecular complexity index is 571. The van der Waals surface area contributed by atoms with Crippen molar-refractivity contribution in [2.45, 2.75) is 6.92 Å². The highest BCUT2D eigenvalue weighted by Gasteiger charge is 1.99. The van der Waals surface area contributed by atoms with Crippen molar-refractivity contribution in [1.82, 2.24) is 9.88 Å². The molecule has 2 nitrogen and oxygen atoms in total. The third-order valence-electron chi connectivity index (χ3n) is 2.88. The Morgan fingerprint density at radius 2 is 2.00 bits per heavy atom. The summed E-state index contributed by atoms with van der Waals surface area (Å²) in [5.41, 5.74) is 4.64. The highest BCUT2D eigenvalue weighted by atomic mass is 15.0. The molecule has 0 unspecified atom stereocenters. The number of likely N-dealkylation sites (N-methyl/N-ethyl adjacent to an activating group) is 1. The van der Waals surface area contributed by atoms with Gasteiger partial charge in [0.25, 0.3) is 0 Å². The van der Waals surface area contributed by atoms with E-state index in [1.165, 1.54) is 11.1 Å². The quantitative estimate of drug-likeness (QED) is 0.826. The third-order valence-corrected chi connectivity index (χ3v) is 2.88. The van der Waals surface area contributed by atoms with E-state index in [4.69, 9.17) is 0 Å². The molecule has 0 bridgehead atoms. The lowest BCUT2D eigenvalue weighted by Crippen LogP contribution is -2.10. The highest BCUT2D eigenvalue weighted by molar-refractivity contribution is 5.64. The van der Waals surface area contributed by atoms with E-state index in [0.717, 1.165) is 17.8 Å². The molecule has 0 amide bonds. The zero-order chi connectivity index (χ0) is 13.7. The maximum atomic E-state index is 4.43. The zero-order valence-electron chi connectivity index (χ0n) is 11.8. The van der Waals surface area contributed by atoms with Gasteiger partial charge in [0.2, 0.25) is 0 Å². The minimum Gasteiger partial charge on any atom is -0.306 e. The van der Waals surface area contributed by atoms with Crippen molar-refractivity contribution in [3.63, 3.8) is 0 Å². The fourth-order valence-corrected chi connectivity index (χ4v) is 1.90. The first-order chi connectivity index (χ1) is 9.15. The van der Waals surface area contributed by atoms with E-state index in [0.29, 0.717) is 0 Å². The lowest BCUT2D eigenvalue weighted by atomic mass is 10.1. The van der Waals surface area contributed by atoms with Crippen molar-refractivity contribution in [2.24, 2.45) is 0 Å². The number of aromatic nitrogens is 1. The number of hydrogen-bond acceptors (Lipinski definition) is 2. The third kappa shape index (κ3) is 4.04. The van der Waals surface area contributed by atoms with Crippen molar-refractivity contribution in [3.05, 3.63) is 59.8 Å². The molecule has 0 aliphatic rings. The lowest BCUT2D eigenvalue weighted by Gasteiger charge is -2.05. The van der Waals surface area contributed by atoms with Crippen molar-refractivity contribution in [3.8, 4) is 11.3 Å². The summed E-state index contributed by atoms with van der Waals surface area (Å²) in [7, 11) is 4.13. The molecule has 1 aromatic carbocycles. The van der Waals surface area contributed by atoms with Gasteiger partial charge in [0.15, 0.2) is 0 Å². The molecule has 1 heterocycles. The van der Waals surface area contributed by atoms with E-state index in [9.17, 15) is 0 Å². The van der Waals surface area contributed by atoms with E-state index >= 15 is 0 Å². The van der Waals surface area contributed by atoms with Crippen LogP contribution in [0.3, 0.4) is 0 Å². The normalized spacial score (nSPS) is 11.4. The minimum absolute atomic E-state index is 0.951. The van der Waals surface area contributed by atoms with Gasteiger partial charge in [-0.3, -0.25) is 4.98 Å². The van der Waals surface area contributed by atoms with Gasteiger partial charge in [0.05, 0.1) is 5.69 Å². The average molecular weight is 252 g/mol. The summed E-state index contributed by atoms with van der Waals surface area (Å²) in [4.78, 5) is 6.57. The van der Waals surface area contributed by atoms with Gasteiger partial charge in [-0.25, -0.2) is 0 Å². The van der Waals surface area contributed by atoms with E-state index in [1.807, 2.05) is 12.3 Å². The number of rotatable bonds is 4. The van der Waals surface area contributed by atoms with Crippen molar-refractivity contribution in [2.75, 3.05) is 20.6 Å². The van der Waals surface area contributed by atoms with Gasteiger partial charge in [-0.1, -0.05) is 30.4 Å². The summed E-state index contributed by atoms with van der Waals surface area (Å²) < 4.78 is 0. The van der Waals surface area contributed by atoms with Crippen molar-refractivity contribution in [1.29, 1.82) is 0 Å². The first-order valence-corrected chi connectivity index (χ1v) is 6.49. The Morgan fingerprint density at radius 1 is 1.16 bits per heavy atom. The van der Waals surface area contributed by atoms with Crippen LogP contribution in [-0.4, -0.2) is 30.5 Å². The lowest BCUT2D eigenvalue weighted by molar-refractivity contribution is 0.457. The van der Waals surface area contributed by atoms with E-state index in [-0.39, 0.29) is 0 Å². The van der Waals surface area contributed by atoms with Crippen LogP contribution in [0.1, 0.15) is 11.1 Å². The van der Waals surface area contributed by atoms with Crippen molar-refractivity contribution >= 4 is 6.08 Å². The summed E-state index contributed by atoms with van der Waals surface area (Å²) in [6.45, 7) is 3.04. The second-order valence-electron chi connectivity index (χ2n) is 5.01. The summed E-state index contributed by atoms with van der Waals surface area (Å²) in [6, 6.07) is 12.6. The Morgan fingerprint density at radius 3 is 2.74 bits per heavy atom. The molecule has 19 heavy (non-hydrogen) atoms. The molecule has 0 N–H and O–H groups in total. The molecule has 0 aliphatic heterocycles. The molecule has 2 heteroatoms. The number of nitrogens with zero attached hydrogens (tertiary/aromatic N) is 2. The van der Waals surface area contributed by atoms with E-state index in [2.05, 4.69) is 73.4 Å². The van der Waals surface area contributed by atoms with Crippen LogP contribution < -0.4 is 0 Å². The van der Waals surface area contributed by atoms with Crippen LogP contribution in [0.4, 0.5) is 0 Å². The number of aryl methyl sites for hydroxylation is 1. The predicted octanol–water partition coefficient (Wildman–Crippen LogP) is 3.63. The zero-order valence-corrected chi connectivity index (χ0v) is 11.8. The molecular weight excluding hydrogens is 232 g/mol. The van der Waals surface area contributed by atoms with E-state index < -0.39 is 0 Å². The fourth-order valence-electron chi connectivity index (χ4n) is 1.90. The van der Waals surface area contributed by atoms with Gasteiger partial charge in [0.1, 0.15) is 0 Å². The molecule has 0 fully saturated rings. The summed E-state index contributed by atoms with van der Waals surface area (Å²) in [5, 5.41) is 0. The van der Waals surface area contributed by atoms with Gasteiger partial charge in [-0.05, 0) is 50.3 Å². The molecule has 0 saturated carbocycles. The summed E-state index contributed by atoms with van der Waals surface area (Å²) in [5.74, 6) is 0. The van der Waals surface area contributed by atoms with Gasteiger partial charge >= 0.3 is 0 Å². The van der Waals surface area contributed by atoms with E-state index in [1.54, 1.807) is 0 Å². The molecule has 98 valence electrons. The molecule has 0 saturated heterocycles. The Labute approximate surface area is 115 Å². The van der Waals surface area contributed by atoms with Gasteiger partial charge in [0, 0.05) is 18.3 Å². The maximum Gasteiger partial charge on any atom is 0.0704 e. The second kappa shape index (κ2) is 6.30. The first kappa shape index (κ1) is 13.5. The molecule has 0 atom stereocenters. The van der Waals surface area contributed by atoms with Crippen LogP contribution in [0.2, 0.25) is 0 Å². The van der Waals surface area contributed by atoms with Gasteiger partial charge in [-0.15, -0.1) is 0 Å². The molecule has 1 aromatic heterocycles. The smallest absolute Gasteiger partial charge is 0.0704 e. The van der Waals surface area contributed by atoms with Crippen LogP contribution in [-0.2, 0) is 0 Å². The van der Waals surface area contributed by atoms with Crippen molar-refractivity contribution < 1.29 is 0 Å². The standard InChI is InChI=1S/C17H20N2/c1-14-9-10-18-17(12-14)16-8-4-6-15(13-16)7-5-11-19(2)3/h4-10,12-13H,11H2,1-3H3/b7-5-. The maximum absolute atomic E-state index is 4.43. The molecule has 0 aliphatic carbocycles. The Balaban J connectivity index is 2.22. The fraction of sp³-hybridized carbons (Fsp3) is 0.235. The van der Waals surface area contributed by atoms with Crippen LogP contribution >= 0.6 is 0 Å². The summed E-state index contributed by atoms with van der Waals surface area (Å²) >= 11 is 0. The summed E-state index contributed by atoms with van der Waals surface area (Å²) in [6.07, 6.45) is 6.18. The van der Waals surface area contributed by atoms with Crippen LogP contribution in [0.25, 0.3) is 17.3 Å². The monoisotopic (exact) mass is 252 g/mol.